The van der Waals surface area contributed by atoms with Gasteiger partial charge in [-0.2, -0.15) is 5.26 Å². The maximum Gasteiger partial charge on any atom is 0.338 e. The average Bonchev–Trinajstić information content (AvgIpc) is 2.59. The fourth-order valence-electron chi connectivity index (χ4n) is 1.75. The molecule has 23 heavy (non-hydrogen) atoms. The number of esters is 1. The number of hydrogen-bond donors (Lipinski definition) is 1. The number of benzene rings is 2. The van der Waals surface area contributed by atoms with Crippen molar-refractivity contribution < 1.29 is 14.3 Å². The van der Waals surface area contributed by atoms with Crippen molar-refractivity contribution in [3.63, 3.8) is 0 Å². The van der Waals surface area contributed by atoms with Gasteiger partial charge in [0.15, 0.2) is 6.61 Å². The van der Waals surface area contributed by atoms with Gasteiger partial charge in [-0.1, -0.05) is 28.1 Å². The lowest BCUT2D eigenvalue weighted by atomic mass is 10.1. The quantitative estimate of drug-likeness (QED) is 0.818. The predicted octanol–water partition coefficient (Wildman–Crippen LogP) is 2.79. The fraction of sp³-hybridized carbons (Fsp3) is 0.118. The molecule has 0 spiro atoms. The van der Waals surface area contributed by atoms with E-state index in [1.165, 1.54) is 24.3 Å². The zero-order valence-electron chi connectivity index (χ0n) is 12.1. The molecule has 5 nitrogen and oxygen atoms in total. The van der Waals surface area contributed by atoms with E-state index in [0.29, 0.717) is 17.7 Å². The molecule has 0 radical (unpaired) electrons. The third-order valence-corrected chi connectivity index (χ3v) is 3.52. The summed E-state index contributed by atoms with van der Waals surface area (Å²) >= 11 is 3.33. The summed E-state index contributed by atoms with van der Waals surface area (Å²) in [6.45, 7) is 0.00981. The number of nitriles is 1. The van der Waals surface area contributed by atoms with Crippen molar-refractivity contribution in [1.29, 1.82) is 5.26 Å². The summed E-state index contributed by atoms with van der Waals surface area (Å²) in [7, 11) is 0. The molecular formula is C17H13BrN2O3. The van der Waals surface area contributed by atoms with Gasteiger partial charge in [0, 0.05) is 11.0 Å². The molecule has 0 atom stereocenters. The number of nitrogens with one attached hydrogen (secondary N) is 1. The average molecular weight is 373 g/mol. The van der Waals surface area contributed by atoms with Crippen LogP contribution in [0.1, 0.15) is 21.5 Å². The summed E-state index contributed by atoms with van der Waals surface area (Å²) in [6, 6.07) is 15.5. The lowest BCUT2D eigenvalue weighted by Crippen LogP contribution is -2.28. The van der Waals surface area contributed by atoms with Crippen molar-refractivity contribution in [2.75, 3.05) is 6.61 Å². The van der Waals surface area contributed by atoms with Gasteiger partial charge in [0.25, 0.3) is 5.91 Å². The SMILES string of the molecule is N#Cc1ccc(C(=O)OCC(=O)NCc2ccc(Br)cc2)cc1. The van der Waals surface area contributed by atoms with Crippen LogP contribution in [-0.4, -0.2) is 18.5 Å². The van der Waals surface area contributed by atoms with Crippen molar-refractivity contribution >= 4 is 27.8 Å². The van der Waals surface area contributed by atoms with E-state index < -0.39 is 5.97 Å². The molecule has 2 aromatic rings. The largest absolute Gasteiger partial charge is 0.452 e. The molecule has 2 rings (SSSR count). The molecule has 0 saturated carbocycles. The molecule has 2 aromatic carbocycles. The normalized spacial score (nSPS) is 9.74. The Labute approximate surface area is 142 Å². The summed E-state index contributed by atoms with van der Waals surface area (Å²) < 4.78 is 5.89. The van der Waals surface area contributed by atoms with Crippen LogP contribution in [0.4, 0.5) is 0 Å². The molecule has 0 aliphatic heterocycles. The summed E-state index contributed by atoms with van der Waals surface area (Å²) in [5.74, 6) is -0.983. The molecule has 116 valence electrons. The van der Waals surface area contributed by atoms with Crippen LogP contribution in [0, 0.1) is 11.3 Å². The summed E-state index contributed by atoms with van der Waals surface area (Å²) in [5, 5.41) is 11.4. The summed E-state index contributed by atoms with van der Waals surface area (Å²) in [6.07, 6.45) is 0. The Morgan fingerprint density at radius 2 is 1.74 bits per heavy atom. The molecule has 1 N–H and O–H groups in total. The number of hydrogen-bond acceptors (Lipinski definition) is 4. The highest BCUT2D eigenvalue weighted by Gasteiger charge is 2.10. The highest BCUT2D eigenvalue weighted by Crippen LogP contribution is 2.10. The zero-order chi connectivity index (χ0) is 16.7. The van der Waals surface area contributed by atoms with Crippen LogP contribution in [0.2, 0.25) is 0 Å². The Morgan fingerprint density at radius 3 is 2.35 bits per heavy atom. The van der Waals surface area contributed by atoms with Crippen molar-refractivity contribution in [3.8, 4) is 6.07 Å². The number of carbonyl (C=O) groups excluding carboxylic acids is 2. The molecule has 1 amide bonds. The van der Waals surface area contributed by atoms with E-state index in [4.69, 9.17) is 10.00 Å². The van der Waals surface area contributed by atoms with Crippen molar-refractivity contribution in [3.05, 3.63) is 69.7 Å². The third kappa shape index (κ3) is 5.24. The lowest BCUT2D eigenvalue weighted by Gasteiger charge is -2.07. The van der Waals surface area contributed by atoms with Crippen LogP contribution >= 0.6 is 15.9 Å². The number of amides is 1. The monoisotopic (exact) mass is 372 g/mol. The lowest BCUT2D eigenvalue weighted by molar-refractivity contribution is -0.124. The Hall–Kier alpha value is -2.65. The van der Waals surface area contributed by atoms with E-state index in [2.05, 4.69) is 21.2 Å². The van der Waals surface area contributed by atoms with E-state index >= 15 is 0 Å². The standard InChI is InChI=1S/C17H13BrN2O3/c18-15-7-3-13(4-8-15)10-20-16(21)11-23-17(22)14-5-1-12(9-19)2-6-14/h1-8H,10-11H2,(H,20,21). The highest BCUT2D eigenvalue weighted by molar-refractivity contribution is 9.10. The maximum atomic E-state index is 11.8. The van der Waals surface area contributed by atoms with Crippen LogP contribution in [-0.2, 0) is 16.1 Å². The maximum absolute atomic E-state index is 11.8. The first-order valence-corrected chi connectivity index (χ1v) is 7.56. The molecular weight excluding hydrogens is 360 g/mol. The molecule has 6 heteroatoms. The minimum absolute atomic E-state index is 0.296. The van der Waals surface area contributed by atoms with Gasteiger partial charge in [-0.05, 0) is 42.0 Å². The minimum atomic E-state index is -0.603. The van der Waals surface area contributed by atoms with Gasteiger partial charge in [-0.15, -0.1) is 0 Å². The first-order chi connectivity index (χ1) is 11.1. The van der Waals surface area contributed by atoms with Crippen molar-refractivity contribution in [1.82, 2.24) is 5.32 Å². The van der Waals surface area contributed by atoms with Crippen LogP contribution < -0.4 is 5.32 Å². The fourth-order valence-corrected chi connectivity index (χ4v) is 2.01. The second kappa shape index (κ2) is 8.11. The van der Waals surface area contributed by atoms with Crippen LogP contribution in [0.25, 0.3) is 0 Å². The smallest absolute Gasteiger partial charge is 0.338 e. The molecule has 0 heterocycles. The van der Waals surface area contributed by atoms with Gasteiger partial charge >= 0.3 is 5.97 Å². The summed E-state index contributed by atoms with van der Waals surface area (Å²) in [4.78, 5) is 23.4. The van der Waals surface area contributed by atoms with Crippen molar-refractivity contribution in [2.45, 2.75) is 6.54 Å². The van der Waals surface area contributed by atoms with Gasteiger partial charge in [-0.3, -0.25) is 4.79 Å². The Morgan fingerprint density at radius 1 is 1.09 bits per heavy atom. The summed E-state index contributed by atoms with van der Waals surface area (Å²) in [5.41, 5.74) is 1.69. The second-order valence-corrected chi connectivity index (χ2v) is 5.58. The molecule has 0 aromatic heterocycles. The van der Waals surface area contributed by atoms with Gasteiger partial charge in [0.1, 0.15) is 0 Å². The highest BCUT2D eigenvalue weighted by atomic mass is 79.9. The van der Waals surface area contributed by atoms with Crippen LogP contribution in [0.5, 0.6) is 0 Å². The Bertz CT molecular complexity index is 734. The van der Waals surface area contributed by atoms with E-state index in [1.807, 2.05) is 30.3 Å². The number of carbonyl (C=O) groups is 2. The van der Waals surface area contributed by atoms with E-state index in [-0.39, 0.29) is 12.5 Å². The van der Waals surface area contributed by atoms with Gasteiger partial charge in [0.05, 0.1) is 17.2 Å². The Balaban J connectivity index is 1.78. The van der Waals surface area contributed by atoms with E-state index in [1.54, 1.807) is 0 Å². The van der Waals surface area contributed by atoms with Gasteiger partial charge in [-0.25, -0.2) is 4.79 Å². The van der Waals surface area contributed by atoms with E-state index in [0.717, 1.165) is 10.0 Å². The molecule has 0 bridgehead atoms. The first-order valence-electron chi connectivity index (χ1n) is 6.77. The van der Waals surface area contributed by atoms with Gasteiger partial charge < -0.3 is 10.1 Å². The number of nitrogens with zero attached hydrogens (tertiary/aromatic N) is 1. The van der Waals surface area contributed by atoms with Gasteiger partial charge in [0.2, 0.25) is 0 Å². The molecule has 0 aliphatic carbocycles. The zero-order valence-corrected chi connectivity index (χ0v) is 13.7. The molecule has 0 unspecified atom stereocenters. The number of halogens is 1. The van der Waals surface area contributed by atoms with E-state index in [9.17, 15) is 9.59 Å². The molecule has 0 aliphatic rings. The van der Waals surface area contributed by atoms with Crippen LogP contribution in [0.15, 0.2) is 53.0 Å². The minimum Gasteiger partial charge on any atom is -0.452 e. The Kier molecular flexibility index (Phi) is 5.89. The first kappa shape index (κ1) is 16.7. The second-order valence-electron chi connectivity index (χ2n) is 4.67. The topological polar surface area (TPSA) is 79.2 Å². The number of ether oxygens (including phenoxy) is 1. The molecule has 0 saturated heterocycles. The van der Waals surface area contributed by atoms with Crippen LogP contribution in [0.3, 0.4) is 0 Å². The number of rotatable bonds is 5. The van der Waals surface area contributed by atoms with Crippen molar-refractivity contribution in [2.24, 2.45) is 0 Å². The predicted molar refractivity (Wildman–Crippen MR) is 87.4 cm³/mol. The third-order valence-electron chi connectivity index (χ3n) is 2.99. The molecule has 0 fully saturated rings.